The lowest BCUT2D eigenvalue weighted by Crippen LogP contribution is -2.42. The summed E-state index contributed by atoms with van der Waals surface area (Å²) >= 11 is 0. The van der Waals surface area contributed by atoms with Gasteiger partial charge in [-0.25, -0.2) is 4.79 Å². The summed E-state index contributed by atoms with van der Waals surface area (Å²) in [5, 5.41) is 8.84. The maximum absolute atomic E-state index is 11.4. The number of carboxylic acids is 1. The molecule has 1 rings (SSSR count). The van der Waals surface area contributed by atoms with Gasteiger partial charge in [0.15, 0.2) is 0 Å². The van der Waals surface area contributed by atoms with Gasteiger partial charge in [0.25, 0.3) is 0 Å². The summed E-state index contributed by atoms with van der Waals surface area (Å²) in [5.74, 6) is -1.27. The van der Waals surface area contributed by atoms with E-state index in [9.17, 15) is 9.59 Å². The minimum Gasteiger partial charge on any atom is -0.481 e. The van der Waals surface area contributed by atoms with Crippen LogP contribution in [0.15, 0.2) is 0 Å². The van der Waals surface area contributed by atoms with Crippen LogP contribution >= 0.6 is 0 Å². The second-order valence-electron chi connectivity index (χ2n) is 3.74. The Balaban J connectivity index is 2.41. The molecule has 1 saturated heterocycles. The highest BCUT2D eigenvalue weighted by Crippen LogP contribution is 2.17. The maximum Gasteiger partial charge on any atom is 0.409 e. The van der Waals surface area contributed by atoms with Crippen molar-refractivity contribution in [3.8, 4) is 0 Å². The van der Waals surface area contributed by atoms with Crippen LogP contribution in [0.5, 0.6) is 0 Å². The lowest BCUT2D eigenvalue weighted by atomic mass is 9.99. The number of aliphatic carboxylic acids is 1. The van der Waals surface area contributed by atoms with Crippen molar-refractivity contribution in [2.75, 3.05) is 19.7 Å². The van der Waals surface area contributed by atoms with Crippen molar-refractivity contribution in [2.24, 2.45) is 5.92 Å². The lowest BCUT2D eigenvalue weighted by molar-refractivity contribution is -0.143. The summed E-state index contributed by atoms with van der Waals surface area (Å²) in [5.41, 5.74) is 0. The van der Waals surface area contributed by atoms with Crippen LogP contribution in [0.1, 0.15) is 26.2 Å². The number of hydrogen-bond donors (Lipinski definition) is 1. The van der Waals surface area contributed by atoms with Crippen LogP contribution in [0.25, 0.3) is 0 Å². The van der Waals surface area contributed by atoms with Crippen molar-refractivity contribution < 1.29 is 19.4 Å². The molecule has 0 aromatic heterocycles. The van der Waals surface area contributed by atoms with E-state index in [4.69, 9.17) is 9.84 Å². The first-order chi connectivity index (χ1) is 7.15. The van der Waals surface area contributed by atoms with Crippen LogP contribution < -0.4 is 0 Å². The van der Waals surface area contributed by atoms with Crippen molar-refractivity contribution in [3.63, 3.8) is 0 Å². The Kier molecular flexibility index (Phi) is 4.39. The number of rotatable bonds is 3. The molecule has 0 bridgehead atoms. The Labute approximate surface area is 89.0 Å². The fourth-order valence-corrected chi connectivity index (χ4v) is 1.63. The molecule has 5 nitrogen and oxygen atoms in total. The van der Waals surface area contributed by atoms with Gasteiger partial charge in [-0.15, -0.1) is 0 Å². The maximum atomic E-state index is 11.4. The van der Waals surface area contributed by atoms with Gasteiger partial charge in [-0.1, -0.05) is 6.92 Å². The minimum absolute atomic E-state index is 0.276. The topological polar surface area (TPSA) is 66.8 Å². The molecule has 15 heavy (non-hydrogen) atoms. The van der Waals surface area contributed by atoms with Crippen molar-refractivity contribution in [3.05, 3.63) is 0 Å². The van der Waals surface area contributed by atoms with Crippen LogP contribution in [0.3, 0.4) is 0 Å². The van der Waals surface area contributed by atoms with Crippen LogP contribution in [0.2, 0.25) is 0 Å². The molecule has 0 aliphatic carbocycles. The van der Waals surface area contributed by atoms with Gasteiger partial charge in [-0.05, 0) is 19.3 Å². The van der Waals surface area contributed by atoms with E-state index in [0.29, 0.717) is 19.6 Å². The number of piperidine rings is 1. The third kappa shape index (κ3) is 3.42. The summed E-state index contributed by atoms with van der Waals surface area (Å²) in [6.45, 7) is 3.20. The Morgan fingerprint density at radius 1 is 1.53 bits per heavy atom. The molecule has 0 unspecified atom stereocenters. The number of amides is 1. The Hall–Kier alpha value is -1.26. The average molecular weight is 215 g/mol. The lowest BCUT2D eigenvalue weighted by Gasteiger charge is -2.29. The molecule has 1 fully saturated rings. The molecule has 1 aliphatic rings. The SMILES string of the molecule is CCCOC(=O)N1CCC[C@@H](C(=O)O)C1. The number of likely N-dealkylation sites (tertiary alicyclic amines) is 1. The first-order valence-electron chi connectivity index (χ1n) is 5.29. The van der Waals surface area contributed by atoms with E-state index in [-0.39, 0.29) is 12.6 Å². The average Bonchev–Trinajstić information content (AvgIpc) is 2.26. The van der Waals surface area contributed by atoms with Gasteiger partial charge >= 0.3 is 12.1 Å². The molecule has 0 aromatic rings. The summed E-state index contributed by atoms with van der Waals surface area (Å²) in [6, 6.07) is 0. The summed E-state index contributed by atoms with van der Waals surface area (Å²) < 4.78 is 4.95. The van der Waals surface area contributed by atoms with Crippen molar-refractivity contribution in [2.45, 2.75) is 26.2 Å². The zero-order valence-corrected chi connectivity index (χ0v) is 8.94. The smallest absolute Gasteiger partial charge is 0.409 e. The third-order valence-electron chi connectivity index (χ3n) is 2.46. The van der Waals surface area contributed by atoms with Gasteiger partial charge in [0.1, 0.15) is 0 Å². The summed E-state index contributed by atoms with van der Waals surface area (Å²) in [7, 11) is 0. The summed E-state index contributed by atoms with van der Waals surface area (Å²) in [6.07, 6.45) is 1.77. The fourth-order valence-electron chi connectivity index (χ4n) is 1.63. The van der Waals surface area contributed by atoms with E-state index in [1.807, 2.05) is 6.92 Å². The predicted molar refractivity (Wildman–Crippen MR) is 53.6 cm³/mol. The molecule has 0 saturated carbocycles. The molecule has 86 valence electrons. The van der Waals surface area contributed by atoms with E-state index >= 15 is 0 Å². The van der Waals surface area contributed by atoms with Gasteiger partial charge in [-0.2, -0.15) is 0 Å². The van der Waals surface area contributed by atoms with Crippen molar-refractivity contribution >= 4 is 12.1 Å². The quantitative estimate of drug-likeness (QED) is 0.771. The fraction of sp³-hybridized carbons (Fsp3) is 0.800. The Bertz CT molecular complexity index is 242. The molecule has 0 aromatic carbocycles. The zero-order chi connectivity index (χ0) is 11.3. The van der Waals surface area contributed by atoms with Crippen molar-refractivity contribution in [1.82, 2.24) is 4.90 Å². The number of nitrogens with zero attached hydrogens (tertiary/aromatic N) is 1. The molecule has 1 aliphatic heterocycles. The third-order valence-corrected chi connectivity index (χ3v) is 2.46. The van der Waals surface area contributed by atoms with Gasteiger partial charge in [0, 0.05) is 13.1 Å². The first-order valence-corrected chi connectivity index (χ1v) is 5.29. The first kappa shape index (κ1) is 11.8. The van der Waals surface area contributed by atoms with Gasteiger partial charge in [0.05, 0.1) is 12.5 Å². The highest BCUT2D eigenvalue weighted by Gasteiger charge is 2.28. The summed E-state index contributed by atoms with van der Waals surface area (Å²) in [4.78, 5) is 23.7. The number of carbonyl (C=O) groups excluding carboxylic acids is 1. The molecule has 1 heterocycles. The molecular weight excluding hydrogens is 198 g/mol. The van der Waals surface area contributed by atoms with Crippen molar-refractivity contribution in [1.29, 1.82) is 0 Å². The molecular formula is C10H17NO4. The highest BCUT2D eigenvalue weighted by molar-refractivity contribution is 5.73. The number of carboxylic acid groups (broad SMARTS) is 1. The molecule has 1 amide bonds. The molecule has 0 radical (unpaired) electrons. The van der Waals surface area contributed by atoms with E-state index in [1.54, 1.807) is 0 Å². The van der Waals surface area contributed by atoms with Crippen LogP contribution in [0.4, 0.5) is 4.79 Å². The predicted octanol–water partition coefficient (Wildman–Crippen LogP) is 1.33. The van der Waals surface area contributed by atoms with E-state index in [1.165, 1.54) is 4.90 Å². The van der Waals surface area contributed by atoms with Crippen LogP contribution in [-0.2, 0) is 9.53 Å². The Morgan fingerprint density at radius 2 is 2.27 bits per heavy atom. The van der Waals surface area contributed by atoms with Gasteiger partial charge in [-0.3, -0.25) is 4.79 Å². The number of ether oxygens (including phenoxy) is 1. The molecule has 1 N–H and O–H groups in total. The second-order valence-corrected chi connectivity index (χ2v) is 3.74. The van der Waals surface area contributed by atoms with E-state index in [2.05, 4.69) is 0 Å². The zero-order valence-electron chi connectivity index (χ0n) is 8.94. The largest absolute Gasteiger partial charge is 0.481 e. The standard InChI is InChI=1S/C10H17NO4/c1-2-6-15-10(14)11-5-3-4-8(7-11)9(12)13/h8H,2-7H2,1H3,(H,12,13)/t8-/m1/s1. The van der Waals surface area contributed by atoms with Gasteiger partial charge < -0.3 is 14.7 Å². The number of carbonyl (C=O) groups is 2. The van der Waals surface area contributed by atoms with Crippen LogP contribution in [0, 0.1) is 5.92 Å². The number of hydrogen-bond acceptors (Lipinski definition) is 3. The molecule has 5 heteroatoms. The normalized spacial score (nSPS) is 21.1. The van der Waals surface area contributed by atoms with E-state index < -0.39 is 11.9 Å². The van der Waals surface area contributed by atoms with E-state index in [0.717, 1.165) is 12.8 Å². The van der Waals surface area contributed by atoms with Crippen LogP contribution in [-0.4, -0.2) is 41.8 Å². The molecule has 1 atom stereocenters. The Morgan fingerprint density at radius 3 is 2.87 bits per heavy atom. The second kappa shape index (κ2) is 5.58. The van der Waals surface area contributed by atoms with Gasteiger partial charge in [0.2, 0.25) is 0 Å². The molecule has 0 spiro atoms. The minimum atomic E-state index is -0.831. The monoisotopic (exact) mass is 215 g/mol. The highest BCUT2D eigenvalue weighted by atomic mass is 16.6.